The number of rotatable bonds is 1. The summed E-state index contributed by atoms with van der Waals surface area (Å²) in [6.07, 6.45) is 0. The van der Waals surface area contributed by atoms with Gasteiger partial charge in [-0.05, 0) is 48.0 Å². The van der Waals surface area contributed by atoms with E-state index >= 15 is 0 Å². The van der Waals surface area contributed by atoms with Crippen molar-refractivity contribution in [3.05, 3.63) is 48.3 Å². The first-order chi connectivity index (χ1) is 8.65. The molecule has 1 heterocycles. The van der Waals surface area contributed by atoms with Crippen molar-refractivity contribution in [2.75, 3.05) is 5.73 Å². The third-order valence-electron chi connectivity index (χ3n) is 2.95. The van der Waals surface area contributed by atoms with Crippen LogP contribution < -0.4 is 5.73 Å². The SMILES string of the molecule is Nc1ccc2[nH]c(-c3ccc(O)cc3)cc2c1F. The lowest BCUT2D eigenvalue weighted by Crippen LogP contribution is -1.89. The highest BCUT2D eigenvalue weighted by Crippen LogP contribution is 2.29. The Morgan fingerprint density at radius 2 is 1.78 bits per heavy atom. The number of phenolic OH excluding ortho intramolecular Hbond substituents is 1. The summed E-state index contributed by atoms with van der Waals surface area (Å²) in [6.45, 7) is 0. The normalized spacial score (nSPS) is 10.9. The summed E-state index contributed by atoms with van der Waals surface area (Å²) in [5, 5.41) is 9.71. The van der Waals surface area contributed by atoms with E-state index in [1.807, 2.05) is 0 Å². The number of nitrogen functional groups attached to an aromatic ring is 1. The molecule has 0 amide bonds. The molecule has 3 aromatic rings. The minimum Gasteiger partial charge on any atom is -0.508 e. The number of anilines is 1. The molecule has 0 unspecified atom stereocenters. The lowest BCUT2D eigenvalue weighted by atomic mass is 10.1. The molecular weight excluding hydrogens is 231 g/mol. The highest BCUT2D eigenvalue weighted by atomic mass is 19.1. The van der Waals surface area contributed by atoms with Gasteiger partial charge in [0.15, 0.2) is 5.82 Å². The first-order valence-electron chi connectivity index (χ1n) is 5.51. The summed E-state index contributed by atoms with van der Waals surface area (Å²) in [4.78, 5) is 3.12. The largest absolute Gasteiger partial charge is 0.508 e. The quantitative estimate of drug-likeness (QED) is 0.573. The van der Waals surface area contributed by atoms with E-state index in [0.29, 0.717) is 10.9 Å². The Kier molecular flexibility index (Phi) is 2.23. The number of benzene rings is 2. The van der Waals surface area contributed by atoms with Gasteiger partial charge in [-0.2, -0.15) is 0 Å². The second kappa shape index (κ2) is 3.77. The van der Waals surface area contributed by atoms with Crippen molar-refractivity contribution >= 4 is 16.6 Å². The van der Waals surface area contributed by atoms with Gasteiger partial charge in [0.2, 0.25) is 0 Å². The number of aromatic nitrogens is 1. The molecule has 0 aliphatic rings. The third-order valence-corrected chi connectivity index (χ3v) is 2.95. The summed E-state index contributed by atoms with van der Waals surface area (Å²) in [7, 11) is 0. The number of aromatic amines is 1. The molecule has 3 nitrogen and oxygen atoms in total. The van der Waals surface area contributed by atoms with Crippen LogP contribution in [-0.2, 0) is 0 Å². The van der Waals surface area contributed by atoms with Crippen molar-refractivity contribution in [1.82, 2.24) is 4.98 Å². The Morgan fingerprint density at radius 3 is 2.50 bits per heavy atom. The van der Waals surface area contributed by atoms with Crippen LogP contribution in [0.2, 0.25) is 0 Å². The number of fused-ring (bicyclic) bond motifs is 1. The van der Waals surface area contributed by atoms with E-state index in [1.165, 1.54) is 6.07 Å². The van der Waals surface area contributed by atoms with Crippen molar-refractivity contribution in [1.29, 1.82) is 0 Å². The lowest BCUT2D eigenvalue weighted by molar-refractivity contribution is 0.475. The zero-order valence-electron chi connectivity index (χ0n) is 9.44. The van der Waals surface area contributed by atoms with Crippen LogP contribution in [0.15, 0.2) is 42.5 Å². The summed E-state index contributed by atoms with van der Waals surface area (Å²) >= 11 is 0. The second-order valence-electron chi connectivity index (χ2n) is 4.16. The predicted molar refractivity (Wildman–Crippen MR) is 69.8 cm³/mol. The maximum absolute atomic E-state index is 13.8. The topological polar surface area (TPSA) is 62.0 Å². The molecule has 0 aliphatic carbocycles. The molecule has 2 aromatic carbocycles. The zero-order chi connectivity index (χ0) is 12.7. The van der Waals surface area contributed by atoms with Gasteiger partial charge in [0.05, 0.1) is 5.69 Å². The number of aromatic hydroxyl groups is 1. The molecule has 0 atom stereocenters. The average molecular weight is 242 g/mol. The van der Waals surface area contributed by atoms with E-state index in [4.69, 9.17) is 5.73 Å². The van der Waals surface area contributed by atoms with E-state index in [1.54, 1.807) is 36.4 Å². The van der Waals surface area contributed by atoms with Gasteiger partial charge in [0.1, 0.15) is 5.75 Å². The fourth-order valence-corrected chi connectivity index (χ4v) is 1.98. The predicted octanol–water partition coefficient (Wildman–Crippen LogP) is 3.26. The summed E-state index contributed by atoms with van der Waals surface area (Å²) in [6, 6.07) is 11.7. The molecule has 0 fully saturated rings. The van der Waals surface area contributed by atoms with Crippen molar-refractivity contribution in [3.8, 4) is 17.0 Å². The maximum Gasteiger partial charge on any atom is 0.155 e. The lowest BCUT2D eigenvalue weighted by Gasteiger charge is -1.97. The van der Waals surface area contributed by atoms with Gasteiger partial charge in [0.25, 0.3) is 0 Å². The summed E-state index contributed by atoms with van der Waals surface area (Å²) < 4.78 is 13.8. The fourth-order valence-electron chi connectivity index (χ4n) is 1.98. The molecule has 0 bridgehead atoms. The van der Waals surface area contributed by atoms with Crippen LogP contribution >= 0.6 is 0 Å². The number of nitrogens with one attached hydrogen (secondary N) is 1. The average Bonchev–Trinajstić information content (AvgIpc) is 2.80. The zero-order valence-corrected chi connectivity index (χ0v) is 9.44. The van der Waals surface area contributed by atoms with E-state index in [-0.39, 0.29) is 11.4 Å². The van der Waals surface area contributed by atoms with Crippen molar-refractivity contribution in [2.24, 2.45) is 0 Å². The maximum atomic E-state index is 13.8. The van der Waals surface area contributed by atoms with Crippen LogP contribution in [0.4, 0.5) is 10.1 Å². The van der Waals surface area contributed by atoms with Crippen molar-refractivity contribution in [2.45, 2.75) is 0 Å². The third kappa shape index (κ3) is 1.59. The molecule has 0 aliphatic heterocycles. The van der Waals surface area contributed by atoms with Gasteiger partial charge in [-0.25, -0.2) is 4.39 Å². The minimum absolute atomic E-state index is 0.138. The molecular formula is C14H11FN2O. The molecule has 0 spiro atoms. The smallest absolute Gasteiger partial charge is 0.155 e. The van der Waals surface area contributed by atoms with E-state index < -0.39 is 5.82 Å². The van der Waals surface area contributed by atoms with E-state index in [9.17, 15) is 9.50 Å². The highest BCUT2D eigenvalue weighted by molar-refractivity contribution is 5.88. The Hall–Kier alpha value is -2.49. The Labute approximate surface area is 103 Å². The molecule has 4 heteroatoms. The number of halogens is 1. The van der Waals surface area contributed by atoms with Crippen LogP contribution in [0.5, 0.6) is 5.75 Å². The van der Waals surface area contributed by atoms with Gasteiger partial charge >= 0.3 is 0 Å². The minimum atomic E-state index is -0.409. The van der Waals surface area contributed by atoms with Crippen molar-refractivity contribution < 1.29 is 9.50 Å². The molecule has 18 heavy (non-hydrogen) atoms. The Balaban J connectivity index is 2.19. The number of nitrogens with two attached hydrogens (primary N) is 1. The Bertz CT molecular complexity index is 716. The molecule has 90 valence electrons. The molecule has 1 aromatic heterocycles. The van der Waals surface area contributed by atoms with Gasteiger partial charge in [-0.1, -0.05) is 0 Å². The molecule has 3 rings (SSSR count). The standard InChI is InChI=1S/C14H11FN2O/c15-14-10-7-13(8-1-3-9(18)4-2-8)17-12(10)6-5-11(14)16/h1-7,17-18H,16H2. The van der Waals surface area contributed by atoms with Crippen LogP contribution in [0.3, 0.4) is 0 Å². The number of H-pyrrole nitrogens is 1. The van der Waals surface area contributed by atoms with Crippen LogP contribution in [0.1, 0.15) is 0 Å². The second-order valence-corrected chi connectivity index (χ2v) is 4.16. The first-order valence-corrected chi connectivity index (χ1v) is 5.51. The molecule has 0 saturated heterocycles. The van der Waals surface area contributed by atoms with Gasteiger partial charge in [0, 0.05) is 16.6 Å². The van der Waals surface area contributed by atoms with Crippen LogP contribution in [0.25, 0.3) is 22.2 Å². The first kappa shape index (κ1) is 10.7. The number of phenols is 1. The molecule has 0 saturated carbocycles. The summed E-state index contributed by atoms with van der Waals surface area (Å²) in [5.41, 5.74) is 8.03. The van der Waals surface area contributed by atoms with E-state index in [2.05, 4.69) is 4.98 Å². The van der Waals surface area contributed by atoms with Gasteiger partial charge < -0.3 is 15.8 Å². The Morgan fingerprint density at radius 1 is 1.06 bits per heavy atom. The van der Waals surface area contributed by atoms with Gasteiger partial charge in [-0.3, -0.25) is 0 Å². The molecule has 4 N–H and O–H groups in total. The van der Waals surface area contributed by atoms with Gasteiger partial charge in [-0.15, -0.1) is 0 Å². The molecule has 0 radical (unpaired) electrons. The number of hydrogen-bond donors (Lipinski definition) is 3. The highest BCUT2D eigenvalue weighted by Gasteiger charge is 2.09. The number of hydrogen-bond acceptors (Lipinski definition) is 2. The van der Waals surface area contributed by atoms with Crippen LogP contribution in [0, 0.1) is 5.82 Å². The van der Waals surface area contributed by atoms with Crippen LogP contribution in [-0.4, -0.2) is 10.1 Å². The monoisotopic (exact) mass is 242 g/mol. The fraction of sp³-hybridized carbons (Fsp3) is 0. The summed E-state index contributed by atoms with van der Waals surface area (Å²) in [5.74, 6) is -0.209. The van der Waals surface area contributed by atoms with E-state index in [0.717, 1.165) is 11.3 Å². The van der Waals surface area contributed by atoms with Crippen molar-refractivity contribution in [3.63, 3.8) is 0 Å².